The minimum atomic E-state index is -0.698. The number of aromatic nitrogens is 1. The van der Waals surface area contributed by atoms with E-state index in [0.29, 0.717) is 0 Å². The van der Waals surface area contributed by atoms with Gasteiger partial charge in [0.1, 0.15) is 0 Å². The Balaban J connectivity index is 2.46. The average Bonchev–Trinajstić information content (AvgIpc) is 2.02. The highest BCUT2D eigenvalue weighted by Crippen LogP contribution is 2.19. The van der Waals surface area contributed by atoms with E-state index >= 15 is 0 Å². The fourth-order valence-electron chi connectivity index (χ4n) is 1.13. The van der Waals surface area contributed by atoms with Crippen molar-refractivity contribution in [2.24, 2.45) is 10.7 Å². The van der Waals surface area contributed by atoms with Crippen LogP contribution in [-0.4, -0.2) is 17.0 Å². The summed E-state index contributed by atoms with van der Waals surface area (Å²) < 4.78 is 0. The quantitative estimate of drug-likeness (QED) is 0.585. The van der Waals surface area contributed by atoms with E-state index in [1.807, 2.05) is 6.07 Å². The molecule has 1 aliphatic heterocycles. The molecule has 0 spiro atoms. The number of pyridine rings is 1. The van der Waals surface area contributed by atoms with Crippen molar-refractivity contribution >= 4 is 11.9 Å². The van der Waals surface area contributed by atoms with Crippen LogP contribution < -0.4 is 11.1 Å². The smallest absolute Gasteiger partial charge is 0.179 e. The molecule has 0 amide bonds. The average molecular weight is 162 g/mol. The first-order valence-electron chi connectivity index (χ1n) is 3.74. The predicted molar refractivity (Wildman–Crippen MR) is 48.0 cm³/mol. The molecule has 2 heterocycles. The van der Waals surface area contributed by atoms with Gasteiger partial charge in [0.15, 0.2) is 5.79 Å². The van der Waals surface area contributed by atoms with Crippen LogP contribution in [0.4, 0.5) is 5.69 Å². The molecule has 1 atom stereocenters. The van der Waals surface area contributed by atoms with Crippen molar-refractivity contribution in [3.8, 4) is 0 Å². The van der Waals surface area contributed by atoms with Gasteiger partial charge in [0.2, 0.25) is 0 Å². The summed E-state index contributed by atoms with van der Waals surface area (Å²) in [5.41, 5.74) is 7.71. The van der Waals surface area contributed by atoms with Crippen molar-refractivity contribution in [1.82, 2.24) is 4.98 Å². The molecular formula is C8H10N4. The van der Waals surface area contributed by atoms with Gasteiger partial charge in [-0.1, -0.05) is 0 Å². The van der Waals surface area contributed by atoms with Gasteiger partial charge in [-0.15, -0.1) is 0 Å². The molecule has 1 aromatic rings. The summed E-state index contributed by atoms with van der Waals surface area (Å²) >= 11 is 0. The van der Waals surface area contributed by atoms with E-state index in [4.69, 9.17) is 5.73 Å². The highest BCUT2D eigenvalue weighted by atomic mass is 15.3. The van der Waals surface area contributed by atoms with E-state index in [1.54, 1.807) is 25.5 Å². The van der Waals surface area contributed by atoms with Crippen molar-refractivity contribution in [2.45, 2.75) is 12.7 Å². The number of anilines is 1. The number of hydrogen-bond acceptors (Lipinski definition) is 4. The fraction of sp³-hybridized carbons (Fsp3) is 0.250. The van der Waals surface area contributed by atoms with Crippen molar-refractivity contribution in [3.05, 3.63) is 24.0 Å². The zero-order valence-electron chi connectivity index (χ0n) is 6.78. The zero-order valence-corrected chi connectivity index (χ0v) is 6.78. The van der Waals surface area contributed by atoms with Gasteiger partial charge in [0.25, 0.3) is 0 Å². The summed E-state index contributed by atoms with van der Waals surface area (Å²) in [7, 11) is 0. The Morgan fingerprint density at radius 2 is 2.42 bits per heavy atom. The Morgan fingerprint density at radius 3 is 3.25 bits per heavy atom. The van der Waals surface area contributed by atoms with Crippen molar-refractivity contribution in [3.63, 3.8) is 0 Å². The molecule has 12 heavy (non-hydrogen) atoms. The Labute approximate surface area is 70.5 Å². The van der Waals surface area contributed by atoms with Gasteiger partial charge in [-0.2, -0.15) is 0 Å². The number of nitrogens with zero attached hydrogens (tertiary/aromatic N) is 2. The molecule has 62 valence electrons. The summed E-state index contributed by atoms with van der Waals surface area (Å²) in [4.78, 5) is 8.10. The number of aliphatic imine (C=N–C) groups is 1. The van der Waals surface area contributed by atoms with E-state index < -0.39 is 5.79 Å². The maximum absolute atomic E-state index is 5.76. The normalized spacial score (nSPS) is 26.2. The lowest BCUT2D eigenvalue weighted by atomic mass is 10.2. The Kier molecular flexibility index (Phi) is 1.38. The molecule has 0 saturated carbocycles. The van der Waals surface area contributed by atoms with Crippen LogP contribution >= 0.6 is 0 Å². The molecule has 1 aromatic heterocycles. The molecule has 1 unspecified atom stereocenters. The van der Waals surface area contributed by atoms with E-state index in [2.05, 4.69) is 15.3 Å². The Hall–Kier alpha value is -1.42. The number of rotatable bonds is 0. The number of nitrogens with two attached hydrogens (primary N) is 1. The third-order valence-corrected chi connectivity index (χ3v) is 1.71. The molecule has 0 aliphatic carbocycles. The molecule has 3 N–H and O–H groups in total. The monoisotopic (exact) mass is 162 g/mol. The predicted octanol–water partition coefficient (Wildman–Crippen LogP) is 0.558. The van der Waals surface area contributed by atoms with Gasteiger partial charge in [-0.3, -0.25) is 15.7 Å². The molecule has 4 nitrogen and oxygen atoms in total. The van der Waals surface area contributed by atoms with E-state index in [-0.39, 0.29) is 0 Å². The zero-order chi connectivity index (χ0) is 8.60. The first-order valence-corrected chi connectivity index (χ1v) is 3.74. The topological polar surface area (TPSA) is 63.3 Å². The third-order valence-electron chi connectivity index (χ3n) is 1.71. The lowest BCUT2D eigenvalue weighted by molar-refractivity contribution is 0.566. The van der Waals surface area contributed by atoms with E-state index in [0.717, 1.165) is 11.3 Å². The second kappa shape index (κ2) is 2.28. The molecule has 0 saturated heterocycles. The molecule has 0 aromatic carbocycles. The van der Waals surface area contributed by atoms with Crippen LogP contribution in [0.1, 0.15) is 12.5 Å². The van der Waals surface area contributed by atoms with Crippen LogP contribution in [0, 0.1) is 0 Å². The third kappa shape index (κ3) is 1.16. The van der Waals surface area contributed by atoms with Gasteiger partial charge in [0, 0.05) is 18.0 Å². The highest BCUT2D eigenvalue weighted by Gasteiger charge is 2.20. The molecular weight excluding hydrogens is 152 g/mol. The highest BCUT2D eigenvalue weighted by molar-refractivity contribution is 5.89. The summed E-state index contributed by atoms with van der Waals surface area (Å²) in [5.74, 6) is -0.698. The molecule has 0 fully saturated rings. The second-order valence-corrected chi connectivity index (χ2v) is 2.99. The second-order valence-electron chi connectivity index (χ2n) is 2.99. The van der Waals surface area contributed by atoms with Crippen LogP contribution in [-0.2, 0) is 0 Å². The van der Waals surface area contributed by atoms with Gasteiger partial charge in [-0.25, -0.2) is 0 Å². The minimum absolute atomic E-state index is 0.698. The summed E-state index contributed by atoms with van der Waals surface area (Å²) in [6.45, 7) is 1.80. The first kappa shape index (κ1) is 7.24. The lowest BCUT2D eigenvalue weighted by Crippen LogP contribution is -2.44. The lowest BCUT2D eigenvalue weighted by Gasteiger charge is -2.26. The van der Waals surface area contributed by atoms with Gasteiger partial charge < -0.3 is 5.32 Å². The molecule has 1 aliphatic rings. The summed E-state index contributed by atoms with van der Waals surface area (Å²) in [6, 6.07) is 1.89. The van der Waals surface area contributed by atoms with Gasteiger partial charge in [-0.05, 0) is 13.0 Å². The first-order chi connectivity index (χ1) is 5.67. The summed E-state index contributed by atoms with van der Waals surface area (Å²) in [5, 5.41) is 3.05. The maximum Gasteiger partial charge on any atom is 0.179 e. The van der Waals surface area contributed by atoms with Crippen molar-refractivity contribution in [1.29, 1.82) is 0 Å². The van der Waals surface area contributed by atoms with Crippen LogP contribution in [0.15, 0.2) is 23.5 Å². The van der Waals surface area contributed by atoms with Crippen molar-refractivity contribution in [2.75, 3.05) is 5.32 Å². The number of nitrogens with one attached hydrogen (secondary N) is 1. The van der Waals surface area contributed by atoms with Gasteiger partial charge >= 0.3 is 0 Å². The molecule has 2 rings (SSSR count). The van der Waals surface area contributed by atoms with Gasteiger partial charge in [0.05, 0.1) is 11.9 Å². The summed E-state index contributed by atoms with van der Waals surface area (Å²) in [6.07, 6.45) is 5.23. The largest absolute Gasteiger partial charge is 0.348 e. The van der Waals surface area contributed by atoms with E-state index in [9.17, 15) is 0 Å². The SMILES string of the molecule is CC1(N)N=Cc2ccncc2N1. The van der Waals surface area contributed by atoms with Crippen molar-refractivity contribution < 1.29 is 0 Å². The Bertz CT molecular complexity index is 330. The van der Waals surface area contributed by atoms with Crippen LogP contribution in [0.3, 0.4) is 0 Å². The number of hydrogen-bond donors (Lipinski definition) is 2. The maximum atomic E-state index is 5.76. The van der Waals surface area contributed by atoms with Crippen LogP contribution in [0.2, 0.25) is 0 Å². The van der Waals surface area contributed by atoms with E-state index in [1.165, 1.54) is 0 Å². The minimum Gasteiger partial charge on any atom is -0.348 e. The molecule has 0 radical (unpaired) electrons. The standard InChI is InChI=1S/C8H10N4/c1-8(9)11-4-6-2-3-10-5-7(6)12-8/h2-5,12H,9H2,1H3. The molecule has 0 bridgehead atoms. The fourth-order valence-corrected chi connectivity index (χ4v) is 1.13. The van der Waals surface area contributed by atoms with Crippen LogP contribution in [0.5, 0.6) is 0 Å². The molecule has 4 heteroatoms. The Morgan fingerprint density at radius 1 is 1.58 bits per heavy atom. The number of fused-ring (bicyclic) bond motifs is 1. The van der Waals surface area contributed by atoms with Crippen LogP contribution in [0.25, 0.3) is 0 Å².